The average Bonchev–Trinajstić information content (AvgIpc) is 3.52. The van der Waals surface area contributed by atoms with Crippen molar-refractivity contribution in [1.82, 2.24) is 14.3 Å². The van der Waals surface area contributed by atoms with Crippen molar-refractivity contribution in [2.24, 2.45) is 0 Å². The minimum absolute atomic E-state index is 0.0323. The lowest BCUT2D eigenvalue weighted by Gasteiger charge is -2.15. The normalized spacial score (nSPS) is 11.7. The van der Waals surface area contributed by atoms with Gasteiger partial charge in [0.15, 0.2) is 0 Å². The molecule has 0 unspecified atom stereocenters. The number of hydrogen-bond acceptors (Lipinski definition) is 5. The van der Waals surface area contributed by atoms with Crippen LogP contribution in [0.5, 0.6) is 0 Å². The molecular weight excluding hydrogens is 509 g/mol. The van der Waals surface area contributed by atoms with Gasteiger partial charge < -0.3 is 14.0 Å². The van der Waals surface area contributed by atoms with Gasteiger partial charge >= 0.3 is 12.1 Å². The van der Waals surface area contributed by atoms with Crippen LogP contribution in [-0.4, -0.2) is 33.5 Å². The first kappa shape index (κ1) is 26.9. The average molecular weight is 540 g/mol. The van der Waals surface area contributed by atoms with E-state index in [1.54, 1.807) is 31.3 Å². The van der Waals surface area contributed by atoms with Crippen molar-refractivity contribution in [2.75, 3.05) is 7.11 Å². The number of rotatable bonds is 6. The molecular formula is C32H30FN3O4. The Balaban J connectivity index is 1.76. The summed E-state index contributed by atoms with van der Waals surface area (Å²) >= 11 is 0. The summed E-state index contributed by atoms with van der Waals surface area (Å²) in [5, 5.41) is 5.96. The summed E-state index contributed by atoms with van der Waals surface area (Å²) in [6, 6.07) is 16.4. The van der Waals surface area contributed by atoms with Gasteiger partial charge in [0.1, 0.15) is 12.4 Å². The molecule has 0 saturated carbocycles. The van der Waals surface area contributed by atoms with Gasteiger partial charge in [0, 0.05) is 33.8 Å². The summed E-state index contributed by atoms with van der Waals surface area (Å²) < 4.78 is 28.0. The number of methoxy groups -OCH3 is 1. The highest BCUT2D eigenvalue weighted by Crippen LogP contribution is 2.40. The van der Waals surface area contributed by atoms with E-state index >= 15 is 0 Å². The van der Waals surface area contributed by atoms with Crippen molar-refractivity contribution in [3.63, 3.8) is 0 Å². The highest BCUT2D eigenvalue weighted by molar-refractivity contribution is 6.07. The molecule has 0 fully saturated rings. The predicted octanol–water partition coefficient (Wildman–Crippen LogP) is 7.23. The van der Waals surface area contributed by atoms with E-state index in [1.807, 2.05) is 43.3 Å². The van der Waals surface area contributed by atoms with Crippen LogP contribution in [0.2, 0.25) is 0 Å². The minimum Gasteiger partial charge on any atom is -0.466 e. The van der Waals surface area contributed by atoms with Gasteiger partial charge in [-0.25, -0.2) is 14.0 Å². The number of aromatic nitrogens is 3. The van der Waals surface area contributed by atoms with Crippen LogP contribution >= 0.6 is 0 Å². The molecule has 5 rings (SSSR count). The standard InChI is InChI=1S/C32H30FN3O4/c1-19(2)30-25(12-14-28(37)39-5)29-21(4)31-23(16-27(29)35(30)24-11-13-26(33)20(3)15-24)17-34-36(31)32(38)40-18-22-9-7-6-8-10-22/h6-17,19H,18H2,1-5H3/b14-12+. The zero-order valence-electron chi connectivity index (χ0n) is 23.1. The Morgan fingerprint density at radius 3 is 2.50 bits per heavy atom. The molecule has 0 radical (unpaired) electrons. The van der Waals surface area contributed by atoms with Gasteiger partial charge in [-0.15, -0.1) is 0 Å². The van der Waals surface area contributed by atoms with Crippen LogP contribution < -0.4 is 0 Å². The molecule has 0 saturated heterocycles. The van der Waals surface area contributed by atoms with Gasteiger partial charge in [0.2, 0.25) is 0 Å². The highest BCUT2D eigenvalue weighted by Gasteiger charge is 2.25. The number of ether oxygens (including phenoxy) is 2. The maximum Gasteiger partial charge on any atom is 0.435 e. The number of hydrogen-bond donors (Lipinski definition) is 0. The molecule has 0 spiro atoms. The number of nitrogens with zero attached hydrogens (tertiary/aromatic N) is 3. The summed E-state index contributed by atoms with van der Waals surface area (Å²) in [6.45, 7) is 7.90. The number of esters is 1. The van der Waals surface area contributed by atoms with Gasteiger partial charge in [-0.3, -0.25) is 0 Å². The fraction of sp³-hybridized carbons (Fsp3) is 0.219. The van der Waals surface area contributed by atoms with E-state index in [0.29, 0.717) is 11.1 Å². The van der Waals surface area contributed by atoms with E-state index in [9.17, 15) is 14.0 Å². The first-order chi connectivity index (χ1) is 19.2. The third kappa shape index (κ3) is 4.77. The Labute approximate surface area is 231 Å². The molecule has 204 valence electrons. The van der Waals surface area contributed by atoms with Crippen molar-refractivity contribution < 1.29 is 23.5 Å². The molecule has 2 aromatic heterocycles. The van der Waals surface area contributed by atoms with Crippen LogP contribution in [0.3, 0.4) is 0 Å². The van der Waals surface area contributed by atoms with Crippen LogP contribution in [0.15, 0.2) is 66.9 Å². The lowest BCUT2D eigenvalue weighted by Crippen LogP contribution is -2.15. The number of halogens is 1. The van der Waals surface area contributed by atoms with E-state index in [4.69, 9.17) is 9.47 Å². The zero-order chi connectivity index (χ0) is 28.6. The van der Waals surface area contributed by atoms with Crippen molar-refractivity contribution in [2.45, 2.75) is 40.2 Å². The van der Waals surface area contributed by atoms with E-state index < -0.39 is 12.1 Å². The Kier molecular flexibility index (Phi) is 7.26. The molecule has 0 aliphatic heterocycles. The second kappa shape index (κ2) is 10.8. The fourth-order valence-electron chi connectivity index (χ4n) is 5.19. The Morgan fingerprint density at radius 2 is 1.82 bits per heavy atom. The topological polar surface area (TPSA) is 75.4 Å². The Morgan fingerprint density at radius 1 is 1.07 bits per heavy atom. The summed E-state index contributed by atoms with van der Waals surface area (Å²) in [5.41, 5.74) is 6.18. The number of aryl methyl sites for hydroxylation is 2. The van der Waals surface area contributed by atoms with Crippen molar-refractivity contribution in [3.05, 3.63) is 101 Å². The monoisotopic (exact) mass is 539 g/mol. The predicted molar refractivity (Wildman–Crippen MR) is 153 cm³/mol. The molecule has 5 aromatic rings. The number of benzene rings is 3. The fourth-order valence-corrected chi connectivity index (χ4v) is 5.19. The summed E-state index contributed by atoms with van der Waals surface area (Å²) in [4.78, 5) is 25.3. The highest BCUT2D eigenvalue weighted by atomic mass is 19.1. The van der Waals surface area contributed by atoms with E-state index in [-0.39, 0.29) is 18.3 Å². The lowest BCUT2D eigenvalue weighted by atomic mass is 9.99. The molecule has 0 aliphatic carbocycles. The molecule has 2 heterocycles. The number of carbonyl (C=O) groups excluding carboxylic acids is 2. The Bertz CT molecular complexity index is 1780. The number of carbonyl (C=O) groups is 2. The van der Waals surface area contributed by atoms with Crippen LogP contribution in [0, 0.1) is 19.7 Å². The first-order valence-corrected chi connectivity index (χ1v) is 13.0. The molecule has 8 heteroatoms. The smallest absolute Gasteiger partial charge is 0.435 e. The van der Waals surface area contributed by atoms with Crippen LogP contribution in [0.1, 0.15) is 47.7 Å². The van der Waals surface area contributed by atoms with Crippen molar-refractivity contribution in [3.8, 4) is 5.69 Å². The lowest BCUT2D eigenvalue weighted by molar-refractivity contribution is -0.134. The molecule has 7 nitrogen and oxygen atoms in total. The summed E-state index contributed by atoms with van der Waals surface area (Å²) in [5.74, 6) is -0.739. The second-order valence-corrected chi connectivity index (χ2v) is 10.0. The van der Waals surface area contributed by atoms with Crippen molar-refractivity contribution in [1.29, 1.82) is 0 Å². The van der Waals surface area contributed by atoms with Crippen LogP contribution in [0.4, 0.5) is 9.18 Å². The van der Waals surface area contributed by atoms with Gasteiger partial charge in [-0.2, -0.15) is 9.78 Å². The summed E-state index contributed by atoms with van der Waals surface area (Å²) in [7, 11) is 1.33. The molecule has 0 amide bonds. The molecule has 0 atom stereocenters. The van der Waals surface area contributed by atoms with Crippen LogP contribution in [-0.2, 0) is 20.9 Å². The van der Waals surface area contributed by atoms with Gasteiger partial charge in [0.25, 0.3) is 0 Å². The van der Waals surface area contributed by atoms with Gasteiger partial charge in [0.05, 0.1) is 24.3 Å². The molecule has 40 heavy (non-hydrogen) atoms. The van der Waals surface area contributed by atoms with Crippen LogP contribution in [0.25, 0.3) is 33.6 Å². The van der Waals surface area contributed by atoms with Gasteiger partial charge in [-0.1, -0.05) is 44.2 Å². The maximum atomic E-state index is 14.2. The largest absolute Gasteiger partial charge is 0.466 e. The SMILES string of the molecule is COC(=O)/C=C/c1c(C(C)C)n(-c2ccc(F)c(C)c2)c2cc3cnn(C(=O)OCc4ccccc4)c3c(C)c12. The van der Waals surface area contributed by atoms with Gasteiger partial charge in [-0.05, 0) is 66.8 Å². The third-order valence-corrected chi connectivity index (χ3v) is 7.02. The summed E-state index contributed by atoms with van der Waals surface area (Å²) in [6.07, 6.45) is 4.17. The first-order valence-electron chi connectivity index (χ1n) is 13.0. The molecule has 0 aliphatic rings. The van der Waals surface area contributed by atoms with E-state index in [1.165, 1.54) is 23.9 Å². The van der Waals surface area contributed by atoms with Crippen molar-refractivity contribution >= 4 is 39.9 Å². The molecule has 0 bridgehead atoms. The quantitative estimate of drug-likeness (QED) is 0.168. The molecule has 3 aromatic carbocycles. The Hall–Kier alpha value is -4.72. The maximum absolute atomic E-state index is 14.2. The minimum atomic E-state index is -0.592. The number of fused-ring (bicyclic) bond motifs is 2. The second-order valence-electron chi connectivity index (χ2n) is 10.0. The van der Waals surface area contributed by atoms with E-state index in [2.05, 4.69) is 23.5 Å². The third-order valence-electron chi connectivity index (χ3n) is 7.02. The van der Waals surface area contributed by atoms with E-state index in [0.717, 1.165) is 44.4 Å². The zero-order valence-corrected chi connectivity index (χ0v) is 23.1. The molecule has 0 N–H and O–H groups in total.